The maximum Gasteiger partial charge on any atom is 0.236 e. The van der Waals surface area contributed by atoms with Crippen LogP contribution in [0.3, 0.4) is 0 Å². The summed E-state index contributed by atoms with van der Waals surface area (Å²) in [5.74, 6) is 0.0263. The zero-order valence-corrected chi connectivity index (χ0v) is 14.1. The van der Waals surface area contributed by atoms with Gasteiger partial charge in [0.15, 0.2) is 0 Å². The quantitative estimate of drug-likeness (QED) is 0.913. The van der Waals surface area contributed by atoms with Crippen LogP contribution >= 0.6 is 23.2 Å². The highest BCUT2D eigenvalue weighted by Gasteiger charge is 2.21. The lowest BCUT2D eigenvalue weighted by Crippen LogP contribution is -2.44. The topological polar surface area (TPSA) is 32.3 Å². The van der Waals surface area contributed by atoms with Gasteiger partial charge >= 0.3 is 0 Å². The molecule has 1 rings (SSSR count). The van der Waals surface area contributed by atoms with Crippen LogP contribution in [0.15, 0.2) is 18.2 Å². The number of likely N-dealkylation sites (N-methyl/N-ethyl adjacent to an activating group) is 1. The molecule has 0 spiro atoms. The first kappa shape index (κ1) is 17.3. The summed E-state index contributed by atoms with van der Waals surface area (Å²) in [7, 11) is 1.78. The van der Waals surface area contributed by atoms with E-state index in [-0.39, 0.29) is 17.5 Å². The molecule has 3 nitrogen and oxygen atoms in total. The van der Waals surface area contributed by atoms with Crippen LogP contribution in [0.4, 0.5) is 0 Å². The predicted octanol–water partition coefficient (Wildman–Crippen LogP) is 3.90. The highest BCUT2D eigenvalue weighted by atomic mass is 35.5. The number of benzene rings is 1. The van der Waals surface area contributed by atoms with Crippen molar-refractivity contribution >= 4 is 29.1 Å². The van der Waals surface area contributed by atoms with Gasteiger partial charge in [-0.25, -0.2) is 0 Å². The first-order valence-corrected chi connectivity index (χ1v) is 7.33. The minimum absolute atomic E-state index is 0.0263. The fraction of sp³-hybridized carbons (Fsp3) is 0.533. The second kappa shape index (κ2) is 6.79. The van der Waals surface area contributed by atoms with Crippen molar-refractivity contribution in [3.05, 3.63) is 33.8 Å². The maximum absolute atomic E-state index is 12.2. The molecule has 0 aromatic heterocycles. The first-order chi connectivity index (χ1) is 9.11. The lowest BCUT2D eigenvalue weighted by molar-refractivity contribution is -0.131. The fourth-order valence-corrected chi connectivity index (χ4v) is 2.30. The third-order valence-corrected chi connectivity index (χ3v) is 3.72. The van der Waals surface area contributed by atoms with Crippen LogP contribution in [0.2, 0.25) is 10.0 Å². The van der Waals surface area contributed by atoms with Crippen molar-refractivity contribution < 1.29 is 4.79 Å². The number of rotatable bonds is 4. The van der Waals surface area contributed by atoms with E-state index < -0.39 is 0 Å². The number of carbonyl (C=O) groups is 1. The monoisotopic (exact) mass is 316 g/mol. The number of nitrogens with zero attached hydrogens (tertiary/aromatic N) is 1. The highest BCUT2D eigenvalue weighted by Crippen LogP contribution is 2.29. The van der Waals surface area contributed by atoms with Crippen molar-refractivity contribution in [3.8, 4) is 0 Å². The molecule has 0 bridgehead atoms. The third-order valence-electron chi connectivity index (χ3n) is 3.16. The minimum Gasteiger partial charge on any atom is -0.338 e. The summed E-state index contributed by atoms with van der Waals surface area (Å²) >= 11 is 12.1. The Hall–Kier alpha value is -0.770. The van der Waals surface area contributed by atoms with Crippen molar-refractivity contribution in [1.82, 2.24) is 10.2 Å². The number of carbonyl (C=O) groups excluding carboxylic acids is 1. The Labute approximate surface area is 131 Å². The molecule has 0 saturated heterocycles. The van der Waals surface area contributed by atoms with E-state index >= 15 is 0 Å². The molecule has 0 radical (unpaired) electrons. The third kappa shape index (κ3) is 4.97. The zero-order chi connectivity index (χ0) is 15.5. The average molecular weight is 317 g/mol. The molecule has 20 heavy (non-hydrogen) atoms. The smallest absolute Gasteiger partial charge is 0.236 e. The number of hydrogen-bond donors (Lipinski definition) is 1. The summed E-state index contributed by atoms with van der Waals surface area (Å²) < 4.78 is 0. The van der Waals surface area contributed by atoms with E-state index in [1.54, 1.807) is 24.1 Å². The van der Waals surface area contributed by atoms with Gasteiger partial charge in [0.2, 0.25) is 5.91 Å². The van der Waals surface area contributed by atoms with Crippen LogP contribution in [-0.4, -0.2) is 29.9 Å². The molecule has 0 fully saturated rings. The molecule has 1 aromatic rings. The van der Waals surface area contributed by atoms with Gasteiger partial charge in [0.25, 0.3) is 0 Å². The summed E-state index contributed by atoms with van der Waals surface area (Å²) in [6.07, 6.45) is 0. The van der Waals surface area contributed by atoms with Gasteiger partial charge in [-0.3, -0.25) is 4.79 Å². The van der Waals surface area contributed by atoms with Gasteiger partial charge in [0.1, 0.15) is 0 Å². The highest BCUT2D eigenvalue weighted by molar-refractivity contribution is 6.35. The molecular weight excluding hydrogens is 295 g/mol. The Balaban J connectivity index is 2.75. The van der Waals surface area contributed by atoms with Gasteiger partial charge in [0.05, 0.1) is 12.6 Å². The Kier molecular flexibility index (Phi) is 5.87. The summed E-state index contributed by atoms with van der Waals surface area (Å²) in [5, 5.41) is 4.36. The number of amides is 1. The lowest BCUT2D eigenvalue weighted by Gasteiger charge is -2.28. The summed E-state index contributed by atoms with van der Waals surface area (Å²) in [6, 6.07) is 5.23. The Morgan fingerprint density at radius 3 is 2.45 bits per heavy atom. The first-order valence-electron chi connectivity index (χ1n) is 6.57. The zero-order valence-electron chi connectivity index (χ0n) is 12.6. The summed E-state index contributed by atoms with van der Waals surface area (Å²) in [6.45, 7) is 8.33. The average Bonchev–Trinajstić information content (AvgIpc) is 2.33. The van der Waals surface area contributed by atoms with E-state index in [2.05, 4.69) is 5.32 Å². The molecule has 1 amide bonds. The molecule has 0 aliphatic carbocycles. The molecule has 0 heterocycles. The van der Waals surface area contributed by atoms with Gasteiger partial charge in [0, 0.05) is 22.6 Å². The van der Waals surface area contributed by atoms with Crippen molar-refractivity contribution in [2.45, 2.75) is 39.3 Å². The Bertz CT molecular complexity index is 483. The Morgan fingerprint density at radius 1 is 1.35 bits per heavy atom. The van der Waals surface area contributed by atoms with Gasteiger partial charge < -0.3 is 10.2 Å². The number of nitrogens with one attached hydrogen (secondary N) is 1. The molecule has 1 N–H and O–H groups in total. The van der Waals surface area contributed by atoms with Crippen molar-refractivity contribution in [1.29, 1.82) is 0 Å². The van der Waals surface area contributed by atoms with Crippen LogP contribution in [0.25, 0.3) is 0 Å². The fourth-order valence-electron chi connectivity index (χ4n) is 1.73. The van der Waals surface area contributed by atoms with E-state index in [9.17, 15) is 4.79 Å². The van der Waals surface area contributed by atoms with Crippen molar-refractivity contribution in [2.75, 3.05) is 13.6 Å². The van der Waals surface area contributed by atoms with Crippen LogP contribution in [0.1, 0.15) is 39.3 Å². The largest absolute Gasteiger partial charge is 0.338 e. The Morgan fingerprint density at radius 2 is 1.95 bits per heavy atom. The van der Waals surface area contributed by atoms with E-state index in [1.165, 1.54) is 0 Å². The van der Waals surface area contributed by atoms with Gasteiger partial charge in [-0.05, 0) is 45.4 Å². The maximum atomic E-state index is 12.2. The number of hydrogen-bond acceptors (Lipinski definition) is 2. The van der Waals surface area contributed by atoms with Crippen LogP contribution in [0.5, 0.6) is 0 Å². The summed E-state index contributed by atoms with van der Waals surface area (Å²) in [5.41, 5.74) is 0.806. The second-order valence-corrected chi connectivity index (χ2v) is 6.79. The van der Waals surface area contributed by atoms with Gasteiger partial charge in [-0.1, -0.05) is 29.3 Å². The van der Waals surface area contributed by atoms with Crippen LogP contribution in [0, 0.1) is 0 Å². The van der Waals surface area contributed by atoms with Crippen LogP contribution in [-0.2, 0) is 4.79 Å². The van der Waals surface area contributed by atoms with Gasteiger partial charge in [-0.2, -0.15) is 0 Å². The molecule has 0 aliphatic rings. The molecule has 112 valence electrons. The van der Waals surface area contributed by atoms with Gasteiger partial charge in [-0.15, -0.1) is 0 Å². The van der Waals surface area contributed by atoms with E-state index in [0.29, 0.717) is 16.6 Å². The van der Waals surface area contributed by atoms with Crippen molar-refractivity contribution in [3.63, 3.8) is 0 Å². The standard InChI is InChI=1S/C15H22Cl2N2O/c1-10(12-7-6-11(16)8-13(12)17)19(5)14(20)9-18-15(2,3)4/h6-8,10,18H,9H2,1-5H3. The molecule has 0 aliphatic heterocycles. The van der Waals surface area contributed by atoms with Crippen molar-refractivity contribution in [2.24, 2.45) is 0 Å². The van der Waals surface area contributed by atoms with E-state index in [0.717, 1.165) is 5.56 Å². The number of halogens is 2. The molecule has 1 atom stereocenters. The minimum atomic E-state index is -0.103. The normalized spacial score (nSPS) is 13.2. The molecule has 1 aromatic carbocycles. The van der Waals surface area contributed by atoms with E-state index in [1.807, 2.05) is 33.8 Å². The summed E-state index contributed by atoms with van der Waals surface area (Å²) in [4.78, 5) is 13.9. The SMILES string of the molecule is CC(c1ccc(Cl)cc1Cl)N(C)C(=O)CNC(C)(C)C. The van der Waals surface area contributed by atoms with Crippen LogP contribution < -0.4 is 5.32 Å². The van der Waals surface area contributed by atoms with E-state index in [4.69, 9.17) is 23.2 Å². The molecule has 0 saturated carbocycles. The lowest BCUT2D eigenvalue weighted by atomic mass is 10.1. The molecular formula is C15H22Cl2N2O. The second-order valence-electron chi connectivity index (χ2n) is 5.95. The molecule has 1 unspecified atom stereocenters. The predicted molar refractivity (Wildman–Crippen MR) is 85.4 cm³/mol. The molecule has 5 heteroatoms.